The summed E-state index contributed by atoms with van der Waals surface area (Å²) in [6.07, 6.45) is 6.14. The Morgan fingerprint density at radius 3 is 2.05 bits per heavy atom. The number of carbonyl (C=O) groups excluding carboxylic acids is 2. The van der Waals surface area contributed by atoms with Crippen LogP contribution in [-0.2, 0) is 19.1 Å². The van der Waals surface area contributed by atoms with Crippen LogP contribution in [-0.4, -0.2) is 24.1 Å². The van der Waals surface area contributed by atoms with Crippen LogP contribution in [0.1, 0.15) is 53.4 Å². The topological polar surface area (TPSA) is 52.6 Å². The maximum atomic E-state index is 11.6. The molecular weight excluding hydrogens is 244 g/mol. The molecule has 0 rings (SSSR count). The third kappa shape index (κ3) is 8.25. The van der Waals surface area contributed by atoms with Gasteiger partial charge in [0, 0.05) is 12.8 Å². The molecule has 0 radical (unpaired) electrons. The summed E-state index contributed by atoms with van der Waals surface area (Å²) in [7, 11) is 0. The van der Waals surface area contributed by atoms with Crippen LogP contribution >= 0.6 is 0 Å². The Bertz CT molecular complexity index is 328. The van der Waals surface area contributed by atoms with E-state index in [-0.39, 0.29) is 30.9 Å². The van der Waals surface area contributed by atoms with Crippen LogP contribution in [0.5, 0.6) is 0 Å². The fourth-order valence-electron chi connectivity index (χ4n) is 1.59. The molecule has 0 saturated carbocycles. The van der Waals surface area contributed by atoms with Gasteiger partial charge < -0.3 is 9.47 Å². The molecule has 0 fully saturated rings. The first-order chi connectivity index (χ1) is 8.90. The van der Waals surface area contributed by atoms with E-state index >= 15 is 0 Å². The Labute approximate surface area is 115 Å². The molecule has 0 aliphatic heterocycles. The van der Waals surface area contributed by atoms with E-state index < -0.39 is 6.10 Å². The summed E-state index contributed by atoms with van der Waals surface area (Å²) in [6.45, 7) is 7.64. The number of hydrogen-bond donors (Lipinski definition) is 0. The molecule has 0 aromatic heterocycles. The number of terminal acetylenes is 1. The molecular formula is C15H24O4. The predicted molar refractivity (Wildman–Crippen MR) is 73.2 cm³/mol. The van der Waals surface area contributed by atoms with Crippen molar-refractivity contribution in [3.63, 3.8) is 0 Å². The second-order valence-electron chi connectivity index (χ2n) is 4.83. The van der Waals surface area contributed by atoms with E-state index in [0.29, 0.717) is 12.3 Å². The molecule has 4 nitrogen and oxygen atoms in total. The van der Waals surface area contributed by atoms with Crippen molar-refractivity contribution in [3.8, 4) is 12.3 Å². The smallest absolute Gasteiger partial charge is 0.307 e. The van der Waals surface area contributed by atoms with Gasteiger partial charge in [0.05, 0.1) is 0 Å². The summed E-state index contributed by atoms with van der Waals surface area (Å²) < 4.78 is 10.2. The molecule has 0 spiro atoms. The Kier molecular flexibility index (Phi) is 8.69. The summed E-state index contributed by atoms with van der Waals surface area (Å²) in [6, 6.07) is 0. The molecule has 4 heteroatoms. The van der Waals surface area contributed by atoms with Crippen LogP contribution < -0.4 is 0 Å². The van der Waals surface area contributed by atoms with Gasteiger partial charge in [-0.1, -0.05) is 26.7 Å². The van der Waals surface area contributed by atoms with Crippen LogP contribution in [0, 0.1) is 18.3 Å². The molecule has 0 heterocycles. The van der Waals surface area contributed by atoms with Crippen LogP contribution in [0.3, 0.4) is 0 Å². The number of hydrogen-bond acceptors (Lipinski definition) is 4. The van der Waals surface area contributed by atoms with E-state index in [1.807, 2.05) is 20.8 Å². The van der Waals surface area contributed by atoms with Crippen molar-refractivity contribution in [2.24, 2.45) is 5.92 Å². The van der Waals surface area contributed by atoms with E-state index in [2.05, 4.69) is 5.92 Å². The second kappa shape index (κ2) is 9.43. The highest BCUT2D eigenvalue weighted by Gasteiger charge is 2.16. The molecule has 19 heavy (non-hydrogen) atoms. The lowest BCUT2D eigenvalue weighted by Gasteiger charge is -2.19. The standard InChI is InChI=1S/C15H24O4/c1-6-12(5)18-14(16)9-8-10-15(17)19-13(7-2)11(3)4/h1,11-13H,7-10H2,2-5H3. The first-order valence-electron chi connectivity index (χ1n) is 6.75. The quantitative estimate of drug-likeness (QED) is 0.501. The van der Waals surface area contributed by atoms with Gasteiger partial charge in [0.2, 0.25) is 0 Å². The monoisotopic (exact) mass is 268 g/mol. The Morgan fingerprint density at radius 2 is 1.63 bits per heavy atom. The average Bonchev–Trinajstić information content (AvgIpc) is 2.35. The van der Waals surface area contributed by atoms with Gasteiger partial charge in [-0.05, 0) is 25.7 Å². The minimum Gasteiger partial charge on any atom is -0.462 e. The molecule has 0 bridgehead atoms. The van der Waals surface area contributed by atoms with Crippen molar-refractivity contribution in [3.05, 3.63) is 0 Å². The molecule has 0 aliphatic carbocycles. The fraction of sp³-hybridized carbons (Fsp3) is 0.733. The number of carbonyl (C=O) groups is 2. The third-order valence-electron chi connectivity index (χ3n) is 2.73. The summed E-state index contributed by atoms with van der Waals surface area (Å²) in [5.74, 6) is 1.96. The lowest BCUT2D eigenvalue weighted by Crippen LogP contribution is -2.23. The van der Waals surface area contributed by atoms with E-state index in [0.717, 1.165) is 6.42 Å². The van der Waals surface area contributed by atoms with Crippen LogP contribution in [0.25, 0.3) is 0 Å². The maximum absolute atomic E-state index is 11.6. The SMILES string of the molecule is C#CC(C)OC(=O)CCCC(=O)OC(CC)C(C)C. The van der Waals surface area contributed by atoms with Crippen molar-refractivity contribution >= 4 is 11.9 Å². The fourth-order valence-corrected chi connectivity index (χ4v) is 1.59. The molecule has 0 aliphatic rings. The Morgan fingerprint density at radius 1 is 1.11 bits per heavy atom. The first kappa shape index (κ1) is 17.5. The van der Waals surface area contributed by atoms with Crippen LogP contribution in [0.15, 0.2) is 0 Å². The molecule has 0 N–H and O–H groups in total. The maximum Gasteiger partial charge on any atom is 0.307 e. The van der Waals surface area contributed by atoms with Crippen molar-refractivity contribution in [2.45, 2.75) is 65.6 Å². The summed E-state index contributed by atoms with van der Waals surface area (Å²) in [4.78, 5) is 22.9. The highest BCUT2D eigenvalue weighted by molar-refractivity contribution is 5.72. The minimum atomic E-state index is -0.523. The summed E-state index contributed by atoms with van der Waals surface area (Å²) in [5, 5.41) is 0. The molecule has 0 saturated heterocycles. The lowest BCUT2D eigenvalue weighted by molar-refractivity contribution is -0.152. The van der Waals surface area contributed by atoms with Crippen molar-refractivity contribution in [2.75, 3.05) is 0 Å². The van der Waals surface area contributed by atoms with Gasteiger partial charge in [-0.25, -0.2) is 0 Å². The van der Waals surface area contributed by atoms with Crippen molar-refractivity contribution in [1.82, 2.24) is 0 Å². The number of rotatable bonds is 8. The zero-order chi connectivity index (χ0) is 14.8. The zero-order valence-electron chi connectivity index (χ0n) is 12.3. The highest BCUT2D eigenvalue weighted by Crippen LogP contribution is 2.12. The highest BCUT2D eigenvalue weighted by atomic mass is 16.5. The molecule has 2 atom stereocenters. The van der Waals surface area contributed by atoms with Gasteiger partial charge in [0.25, 0.3) is 0 Å². The van der Waals surface area contributed by atoms with E-state index in [1.165, 1.54) is 0 Å². The lowest BCUT2D eigenvalue weighted by atomic mass is 10.1. The van der Waals surface area contributed by atoms with Crippen LogP contribution in [0.2, 0.25) is 0 Å². The normalized spacial score (nSPS) is 13.5. The van der Waals surface area contributed by atoms with Gasteiger partial charge in [-0.15, -0.1) is 6.42 Å². The third-order valence-corrected chi connectivity index (χ3v) is 2.73. The molecule has 0 amide bonds. The van der Waals surface area contributed by atoms with Gasteiger partial charge in [0.15, 0.2) is 6.10 Å². The summed E-state index contributed by atoms with van der Waals surface area (Å²) in [5.41, 5.74) is 0. The molecule has 2 unspecified atom stereocenters. The largest absolute Gasteiger partial charge is 0.462 e. The predicted octanol–water partition coefficient (Wildman–Crippen LogP) is 2.70. The average molecular weight is 268 g/mol. The molecule has 0 aromatic rings. The van der Waals surface area contributed by atoms with Gasteiger partial charge >= 0.3 is 11.9 Å². The number of esters is 2. The van der Waals surface area contributed by atoms with Crippen molar-refractivity contribution < 1.29 is 19.1 Å². The van der Waals surface area contributed by atoms with Gasteiger partial charge in [-0.3, -0.25) is 9.59 Å². The molecule has 0 aromatic carbocycles. The first-order valence-corrected chi connectivity index (χ1v) is 6.75. The Balaban J connectivity index is 3.86. The van der Waals surface area contributed by atoms with E-state index in [1.54, 1.807) is 6.92 Å². The van der Waals surface area contributed by atoms with Gasteiger partial charge in [0.1, 0.15) is 6.10 Å². The number of ether oxygens (including phenoxy) is 2. The van der Waals surface area contributed by atoms with Gasteiger partial charge in [-0.2, -0.15) is 0 Å². The summed E-state index contributed by atoms with van der Waals surface area (Å²) >= 11 is 0. The van der Waals surface area contributed by atoms with Crippen molar-refractivity contribution in [1.29, 1.82) is 0 Å². The zero-order valence-corrected chi connectivity index (χ0v) is 12.3. The molecule has 108 valence electrons. The second-order valence-corrected chi connectivity index (χ2v) is 4.83. The van der Waals surface area contributed by atoms with E-state index in [9.17, 15) is 9.59 Å². The Hall–Kier alpha value is -1.50. The minimum absolute atomic E-state index is 0.0547. The van der Waals surface area contributed by atoms with Crippen LogP contribution in [0.4, 0.5) is 0 Å². The van der Waals surface area contributed by atoms with E-state index in [4.69, 9.17) is 15.9 Å².